The molecule has 0 aromatic heterocycles. The molecule has 0 heterocycles. The first-order valence-electron chi connectivity index (χ1n) is 6.58. The molecule has 0 spiro atoms. The Kier molecular flexibility index (Phi) is 3.54. The molecule has 4 nitrogen and oxygen atoms in total. The van der Waals surface area contributed by atoms with Crippen molar-refractivity contribution in [2.24, 2.45) is 11.1 Å². The fraction of sp³-hybridized carbons (Fsp3) is 0.533. The molecule has 0 saturated heterocycles. The summed E-state index contributed by atoms with van der Waals surface area (Å²) in [6.45, 7) is 4.43. The molecule has 19 heavy (non-hydrogen) atoms. The smallest absolute Gasteiger partial charge is 0.234 e. The summed E-state index contributed by atoms with van der Waals surface area (Å²) in [7, 11) is 3.43. The highest BCUT2D eigenvalue weighted by Gasteiger charge is 2.50. The molecule has 4 heteroatoms. The largest absolute Gasteiger partial charge is 0.495 e. The molecule has 1 saturated carbocycles. The van der Waals surface area contributed by atoms with Gasteiger partial charge in [-0.05, 0) is 43.9 Å². The van der Waals surface area contributed by atoms with Crippen molar-refractivity contribution >= 4 is 11.6 Å². The van der Waals surface area contributed by atoms with Crippen molar-refractivity contribution in [2.45, 2.75) is 26.7 Å². The molecule has 1 aromatic rings. The predicted molar refractivity (Wildman–Crippen MR) is 76.6 cm³/mol. The van der Waals surface area contributed by atoms with Gasteiger partial charge in [0.2, 0.25) is 5.91 Å². The highest BCUT2D eigenvalue weighted by molar-refractivity contribution is 6.00. The van der Waals surface area contributed by atoms with E-state index in [4.69, 9.17) is 10.5 Å². The zero-order chi connectivity index (χ0) is 14.2. The highest BCUT2D eigenvalue weighted by atomic mass is 16.5. The Hall–Kier alpha value is -1.55. The Morgan fingerprint density at radius 1 is 1.42 bits per heavy atom. The average molecular weight is 262 g/mol. The van der Waals surface area contributed by atoms with E-state index in [1.54, 1.807) is 19.1 Å². The third kappa shape index (κ3) is 2.32. The second kappa shape index (κ2) is 4.85. The molecule has 1 fully saturated rings. The number of hydrogen-bond donors (Lipinski definition) is 1. The predicted octanol–water partition coefficient (Wildman–Crippen LogP) is 2.01. The topological polar surface area (TPSA) is 55.6 Å². The number of anilines is 1. The van der Waals surface area contributed by atoms with Crippen molar-refractivity contribution in [2.75, 3.05) is 25.6 Å². The minimum absolute atomic E-state index is 0.0975. The molecule has 0 bridgehead atoms. The van der Waals surface area contributed by atoms with E-state index in [9.17, 15) is 4.79 Å². The fourth-order valence-corrected chi connectivity index (χ4v) is 2.62. The van der Waals surface area contributed by atoms with E-state index in [1.807, 2.05) is 19.9 Å². The first kappa shape index (κ1) is 13.9. The zero-order valence-electron chi connectivity index (χ0n) is 12.1. The third-order valence-corrected chi connectivity index (χ3v) is 3.97. The molecule has 1 aliphatic carbocycles. The maximum absolute atomic E-state index is 12.6. The Balaban J connectivity index is 2.38. The number of aryl methyl sites for hydroxylation is 2. The molecule has 104 valence electrons. The van der Waals surface area contributed by atoms with E-state index < -0.39 is 0 Å². The maximum atomic E-state index is 12.6. The number of rotatable bonds is 4. The first-order valence-corrected chi connectivity index (χ1v) is 6.58. The van der Waals surface area contributed by atoms with E-state index in [2.05, 4.69) is 6.07 Å². The highest BCUT2D eigenvalue weighted by Crippen LogP contribution is 2.47. The standard InChI is InChI=1S/C15H22N2O2/c1-10-7-11(2)13(12(8-10)19-4)17(3)14(18)15(9-16)5-6-15/h7-8H,5-6,9,16H2,1-4H3. The van der Waals surface area contributed by atoms with Crippen LogP contribution < -0.4 is 15.4 Å². The summed E-state index contributed by atoms with van der Waals surface area (Å²) in [5, 5.41) is 0. The lowest BCUT2D eigenvalue weighted by Crippen LogP contribution is -2.38. The zero-order valence-corrected chi connectivity index (χ0v) is 12.1. The summed E-state index contributed by atoms with van der Waals surface area (Å²) in [4.78, 5) is 14.3. The van der Waals surface area contributed by atoms with Crippen LogP contribution in [0.15, 0.2) is 12.1 Å². The lowest BCUT2D eigenvalue weighted by molar-refractivity contribution is -0.123. The van der Waals surface area contributed by atoms with Crippen LogP contribution >= 0.6 is 0 Å². The van der Waals surface area contributed by atoms with Crippen molar-refractivity contribution in [1.82, 2.24) is 0 Å². The number of carbonyl (C=O) groups is 1. The molecule has 1 aromatic carbocycles. The lowest BCUT2D eigenvalue weighted by Gasteiger charge is -2.26. The number of benzene rings is 1. The molecule has 0 aliphatic heterocycles. The minimum atomic E-state index is -0.336. The molecule has 2 N–H and O–H groups in total. The second-order valence-electron chi connectivity index (χ2n) is 5.48. The molecular formula is C15H22N2O2. The van der Waals surface area contributed by atoms with E-state index in [0.717, 1.165) is 35.4 Å². The monoisotopic (exact) mass is 262 g/mol. The summed E-state index contributed by atoms with van der Waals surface area (Å²) >= 11 is 0. The van der Waals surface area contributed by atoms with Crippen molar-refractivity contribution in [3.05, 3.63) is 23.3 Å². The van der Waals surface area contributed by atoms with Crippen LogP contribution in [0.2, 0.25) is 0 Å². The van der Waals surface area contributed by atoms with Gasteiger partial charge in [0.15, 0.2) is 0 Å². The first-order chi connectivity index (χ1) is 8.95. The van der Waals surface area contributed by atoms with Gasteiger partial charge in [0.25, 0.3) is 0 Å². The van der Waals surface area contributed by atoms with Crippen LogP contribution in [0.1, 0.15) is 24.0 Å². The summed E-state index contributed by atoms with van der Waals surface area (Å²) < 4.78 is 5.42. The summed E-state index contributed by atoms with van der Waals surface area (Å²) in [6.07, 6.45) is 1.78. The number of methoxy groups -OCH3 is 1. The molecule has 0 unspecified atom stereocenters. The molecule has 0 radical (unpaired) electrons. The van der Waals surface area contributed by atoms with E-state index >= 15 is 0 Å². The van der Waals surface area contributed by atoms with Gasteiger partial charge in [0, 0.05) is 13.6 Å². The van der Waals surface area contributed by atoms with Gasteiger partial charge >= 0.3 is 0 Å². The number of nitrogens with two attached hydrogens (primary N) is 1. The normalized spacial score (nSPS) is 16.1. The van der Waals surface area contributed by atoms with Crippen molar-refractivity contribution in [3.8, 4) is 5.75 Å². The third-order valence-electron chi connectivity index (χ3n) is 3.97. The van der Waals surface area contributed by atoms with Crippen LogP contribution in [0.4, 0.5) is 5.69 Å². The van der Waals surface area contributed by atoms with Crippen LogP contribution in [-0.2, 0) is 4.79 Å². The number of amides is 1. The van der Waals surface area contributed by atoms with Crippen LogP contribution in [0.3, 0.4) is 0 Å². The van der Waals surface area contributed by atoms with Gasteiger partial charge in [-0.1, -0.05) is 6.07 Å². The molecule has 1 aliphatic rings. The Morgan fingerprint density at radius 2 is 2.05 bits per heavy atom. The van der Waals surface area contributed by atoms with Gasteiger partial charge in [-0.3, -0.25) is 4.79 Å². The number of hydrogen-bond acceptors (Lipinski definition) is 3. The molecule has 2 rings (SSSR count). The van der Waals surface area contributed by atoms with Gasteiger partial charge in [0.1, 0.15) is 5.75 Å². The molecule has 1 amide bonds. The molecule has 0 atom stereocenters. The van der Waals surface area contributed by atoms with Crippen molar-refractivity contribution < 1.29 is 9.53 Å². The van der Waals surface area contributed by atoms with Gasteiger partial charge in [0.05, 0.1) is 18.2 Å². The van der Waals surface area contributed by atoms with Gasteiger partial charge < -0.3 is 15.4 Å². The number of nitrogens with zero attached hydrogens (tertiary/aromatic N) is 1. The van der Waals surface area contributed by atoms with Crippen molar-refractivity contribution in [1.29, 1.82) is 0 Å². The minimum Gasteiger partial charge on any atom is -0.495 e. The van der Waals surface area contributed by atoms with Crippen LogP contribution in [0, 0.1) is 19.3 Å². The van der Waals surface area contributed by atoms with Gasteiger partial charge in [-0.15, -0.1) is 0 Å². The summed E-state index contributed by atoms with van der Waals surface area (Å²) in [6, 6.07) is 4.01. The fourth-order valence-electron chi connectivity index (χ4n) is 2.62. The van der Waals surface area contributed by atoms with Gasteiger partial charge in [-0.25, -0.2) is 0 Å². The van der Waals surface area contributed by atoms with Crippen molar-refractivity contribution in [3.63, 3.8) is 0 Å². The molecular weight excluding hydrogens is 240 g/mol. The van der Waals surface area contributed by atoms with E-state index in [1.165, 1.54) is 0 Å². The second-order valence-corrected chi connectivity index (χ2v) is 5.48. The quantitative estimate of drug-likeness (QED) is 0.903. The Labute approximate surface area is 114 Å². The van der Waals surface area contributed by atoms with Crippen LogP contribution in [0.25, 0.3) is 0 Å². The SMILES string of the molecule is COc1cc(C)cc(C)c1N(C)C(=O)C1(CN)CC1. The van der Waals surface area contributed by atoms with E-state index in [0.29, 0.717) is 6.54 Å². The summed E-state index contributed by atoms with van der Waals surface area (Å²) in [5.41, 5.74) is 8.41. The average Bonchev–Trinajstić information content (AvgIpc) is 3.17. The van der Waals surface area contributed by atoms with Gasteiger partial charge in [-0.2, -0.15) is 0 Å². The van der Waals surface area contributed by atoms with E-state index in [-0.39, 0.29) is 11.3 Å². The number of ether oxygens (including phenoxy) is 1. The van der Waals surface area contributed by atoms with Crippen LogP contribution in [-0.4, -0.2) is 26.6 Å². The van der Waals surface area contributed by atoms with Crippen LogP contribution in [0.5, 0.6) is 5.75 Å². The lowest BCUT2D eigenvalue weighted by atomic mass is 10.0. The summed E-state index contributed by atoms with van der Waals surface area (Å²) in [5.74, 6) is 0.835. The Morgan fingerprint density at radius 3 is 2.53 bits per heavy atom. The maximum Gasteiger partial charge on any atom is 0.234 e. The Bertz CT molecular complexity index is 507. The number of carbonyl (C=O) groups excluding carboxylic acids is 1.